The van der Waals surface area contributed by atoms with Crippen LogP contribution >= 0.6 is 12.4 Å². The smallest absolute Gasteiger partial charge is 0.228 e. The van der Waals surface area contributed by atoms with Crippen LogP contribution in [0.1, 0.15) is 32.6 Å². The molecule has 0 aromatic carbocycles. The standard InChI is InChI=1S/C19H31N5O.ClH/c1-14-12-15(6-9-20-14)19(25)22-18-5-4-17(13-21-18)24-10-7-16(8-11-24)23(2)3;/h4-5,13-16,20H,6-12H2,1-3H3,(H,21,22,25);1H/t14-,15-;/m0./s1. The Labute approximate surface area is 163 Å². The molecule has 0 bridgehead atoms. The van der Waals surface area contributed by atoms with Crippen LogP contribution in [0.2, 0.25) is 0 Å². The Bertz CT molecular complexity index is 572. The van der Waals surface area contributed by atoms with E-state index in [9.17, 15) is 4.79 Å². The molecule has 2 aliphatic rings. The van der Waals surface area contributed by atoms with Crippen LogP contribution in [0.4, 0.5) is 11.5 Å². The molecule has 2 aliphatic heterocycles. The van der Waals surface area contributed by atoms with E-state index in [0.29, 0.717) is 17.9 Å². The molecule has 0 saturated carbocycles. The second kappa shape index (κ2) is 9.53. The second-order valence-corrected chi connectivity index (χ2v) is 7.65. The molecule has 3 heterocycles. The minimum atomic E-state index is 0. The van der Waals surface area contributed by atoms with Crippen LogP contribution in [0.3, 0.4) is 0 Å². The lowest BCUT2D eigenvalue weighted by molar-refractivity contribution is -0.120. The molecule has 3 rings (SSSR count). The van der Waals surface area contributed by atoms with E-state index in [-0.39, 0.29) is 24.2 Å². The van der Waals surface area contributed by atoms with E-state index in [2.05, 4.69) is 52.5 Å². The molecule has 2 fully saturated rings. The molecular weight excluding hydrogens is 350 g/mol. The zero-order valence-corrected chi connectivity index (χ0v) is 16.9. The lowest BCUT2D eigenvalue weighted by Gasteiger charge is -2.36. The van der Waals surface area contributed by atoms with Gasteiger partial charge in [-0.05, 0) is 65.4 Å². The summed E-state index contributed by atoms with van der Waals surface area (Å²) in [5, 5.41) is 6.36. The maximum absolute atomic E-state index is 12.4. The Morgan fingerprint density at radius 1 is 1.27 bits per heavy atom. The number of hydrogen-bond donors (Lipinski definition) is 2. The number of carbonyl (C=O) groups is 1. The summed E-state index contributed by atoms with van der Waals surface area (Å²) in [6.07, 6.45) is 6.04. The van der Waals surface area contributed by atoms with Crippen molar-refractivity contribution in [2.24, 2.45) is 5.92 Å². The number of piperidine rings is 2. The zero-order chi connectivity index (χ0) is 17.8. The third kappa shape index (κ3) is 5.32. The van der Waals surface area contributed by atoms with Crippen molar-refractivity contribution in [1.82, 2.24) is 15.2 Å². The lowest BCUT2D eigenvalue weighted by Crippen LogP contribution is -2.42. The number of halogens is 1. The molecule has 1 amide bonds. The van der Waals surface area contributed by atoms with Gasteiger partial charge in [0.05, 0.1) is 11.9 Å². The lowest BCUT2D eigenvalue weighted by atomic mass is 9.92. The van der Waals surface area contributed by atoms with Crippen LogP contribution in [0.5, 0.6) is 0 Å². The molecular formula is C19H32ClN5O. The van der Waals surface area contributed by atoms with Gasteiger partial charge in [-0.2, -0.15) is 0 Å². The number of anilines is 2. The van der Waals surface area contributed by atoms with Gasteiger partial charge in [0, 0.05) is 31.1 Å². The van der Waals surface area contributed by atoms with Crippen molar-refractivity contribution in [2.75, 3.05) is 43.9 Å². The average Bonchev–Trinajstić information content (AvgIpc) is 2.62. The van der Waals surface area contributed by atoms with Crippen LogP contribution in [-0.2, 0) is 4.79 Å². The number of carbonyl (C=O) groups excluding carboxylic acids is 1. The van der Waals surface area contributed by atoms with E-state index in [0.717, 1.165) is 38.2 Å². The van der Waals surface area contributed by atoms with Crippen LogP contribution < -0.4 is 15.5 Å². The van der Waals surface area contributed by atoms with Crippen molar-refractivity contribution in [3.63, 3.8) is 0 Å². The van der Waals surface area contributed by atoms with E-state index < -0.39 is 0 Å². The summed E-state index contributed by atoms with van der Waals surface area (Å²) >= 11 is 0. The van der Waals surface area contributed by atoms with Gasteiger partial charge in [0.2, 0.25) is 5.91 Å². The highest BCUT2D eigenvalue weighted by molar-refractivity contribution is 5.91. The summed E-state index contributed by atoms with van der Waals surface area (Å²) in [5.41, 5.74) is 1.14. The largest absolute Gasteiger partial charge is 0.370 e. The second-order valence-electron chi connectivity index (χ2n) is 7.65. The SMILES string of the molecule is C[C@H]1C[C@@H](C(=O)Nc2ccc(N3CCC(N(C)C)CC3)cn2)CCN1.Cl. The third-order valence-corrected chi connectivity index (χ3v) is 5.55. The fourth-order valence-electron chi connectivity index (χ4n) is 3.89. The molecule has 2 saturated heterocycles. The number of rotatable bonds is 4. The minimum absolute atomic E-state index is 0. The van der Waals surface area contributed by atoms with Gasteiger partial charge in [-0.25, -0.2) is 4.98 Å². The quantitative estimate of drug-likeness (QED) is 0.838. The molecule has 0 unspecified atom stereocenters. The predicted octanol–water partition coefficient (Wildman–Crippen LogP) is 2.36. The topological polar surface area (TPSA) is 60.5 Å². The summed E-state index contributed by atoms with van der Waals surface area (Å²) in [7, 11) is 4.31. The first-order chi connectivity index (χ1) is 12.0. The van der Waals surface area contributed by atoms with Crippen molar-refractivity contribution in [2.45, 2.75) is 44.7 Å². The maximum atomic E-state index is 12.4. The molecule has 0 spiro atoms. The average molecular weight is 382 g/mol. The van der Waals surface area contributed by atoms with Crippen molar-refractivity contribution < 1.29 is 4.79 Å². The van der Waals surface area contributed by atoms with Gasteiger partial charge in [0.25, 0.3) is 0 Å². The number of aromatic nitrogens is 1. The Kier molecular flexibility index (Phi) is 7.68. The van der Waals surface area contributed by atoms with Crippen molar-refractivity contribution in [3.05, 3.63) is 18.3 Å². The summed E-state index contributed by atoms with van der Waals surface area (Å²) in [6, 6.07) is 5.08. The molecule has 2 atom stereocenters. The first kappa shape index (κ1) is 20.9. The molecule has 6 nitrogen and oxygen atoms in total. The van der Waals surface area contributed by atoms with E-state index >= 15 is 0 Å². The number of nitrogens with zero attached hydrogens (tertiary/aromatic N) is 3. The molecule has 1 aromatic heterocycles. The first-order valence-electron chi connectivity index (χ1n) is 9.44. The normalized spacial score (nSPS) is 24.2. The third-order valence-electron chi connectivity index (χ3n) is 5.55. The number of hydrogen-bond acceptors (Lipinski definition) is 5. The molecule has 2 N–H and O–H groups in total. The van der Waals surface area contributed by atoms with E-state index in [1.54, 1.807) is 0 Å². The Hall–Kier alpha value is -1.37. The molecule has 0 aliphatic carbocycles. The Morgan fingerprint density at radius 2 is 2.00 bits per heavy atom. The fraction of sp³-hybridized carbons (Fsp3) is 0.684. The zero-order valence-electron chi connectivity index (χ0n) is 16.1. The summed E-state index contributed by atoms with van der Waals surface area (Å²) in [4.78, 5) is 21.6. The van der Waals surface area contributed by atoms with Crippen LogP contribution in [0.15, 0.2) is 18.3 Å². The van der Waals surface area contributed by atoms with Gasteiger partial charge in [-0.15, -0.1) is 12.4 Å². The van der Waals surface area contributed by atoms with Crippen LogP contribution in [0, 0.1) is 5.92 Å². The van der Waals surface area contributed by atoms with Crippen molar-refractivity contribution in [3.8, 4) is 0 Å². The molecule has 26 heavy (non-hydrogen) atoms. The molecule has 7 heteroatoms. The van der Waals surface area contributed by atoms with Gasteiger partial charge < -0.3 is 20.4 Å². The Morgan fingerprint density at radius 3 is 2.58 bits per heavy atom. The summed E-state index contributed by atoms with van der Waals surface area (Å²) < 4.78 is 0. The summed E-state index contributed by atoms with van der Waals surface area (Å²) in [5.74, 6) is 0.839. The highest BCUT2D eigenvalue weighted by Crippen LogP contribution is 2.23. The van der Waals surface area contributed by atoms with Gasteiger partial charge in [0.1, 0.15) is 5.82 Å². The molecule has 1 aromatic rings. The highest BCUT2D eigenvalue weighted by Gasteiger charge is 2.25. The number of nitrogens with one attached hydrogen (secondary N) is 2. The van der Waals surface area contributed by atoms with Gasteiger partial charge in [-0.3, -0.25) is 4.79 Å². The Balaban J connectivity index is 0.00000243. The van der Waals surface area contributed by atoms with E-state index in [4.69, 9.17) is 0 Å². The highest BCUT2D eigenvalue weighted by atomic mass is 35.5. The van der Waals surface area contributed by atoms with Crippen molar-refractivity contribution in [1.29, 1.82) is 0 Å². The van der Waals surface area contributed by atoms with E-state index in [1.807, 2.05) is 12.3 Å². The molecule has 146 valence electrons. The monoisotopic (exact) mass is 381 g/mol. The minimum Gasteiger partial charge on any atom is -0.370 e. The number of pyridine rings is 1. The molecule has 0 radical (unpaired) electrons. The van der Waals surface area contributed by atoms with Gasteiger partial charge in [0.15, 0.2) is 0 Å². The van der Waals surface area contributed by atoms with Crippen molar-refractivity contribution >= 4 is 29.8 Å². The van der Waals surface area contributed by atoms with E-state index in [1.165, 1.54) is 12.8 Å². The van der Waals surface area contributed by atoms with Gasteiger partial charge >= 0.3 is 0 Å². The number of amides is 1. The predicted molar refractivity (Wildman–Crippen MR) is 109 cm³/mol. The first-order valence-corrected chi connectivity index (χ1v) is 9.44. The summed E-state index contributed by atoms with van der Waals surface area (Å²) in [6.45, 7) is 5.16. The fourth-order valence-corrected chi connectivity index (χ4v) is 3.89. The maximum Gasteiger partial charge on any atom is 0.228 e. The van der Waals surface area contributed by atoms with Crippen LogP contribution in [-0.4, -0.2) is 61.6 Å². The van der Waals surface area contributed by atoms with Gasteiger partial charge in [-0.1, -0.05) is 0 Å². The van der Waals surface area contributed by atoms with Crippen LogP contribution in [0.25, 0.3) is 0 Å².